The van der Waals surface area contributed by atoms with Crippen LogP contribution < -0.4 is 14.2 Å². The van der Waals surface area contributed by atoms with E-state index < -0.39 is 0 Å². The van der Waals surface area contributed by atoms with E-state index in [9.17, 15) is 0 Å². The zero-order valence-corrected chi connectivity index (χ0v) is 35.2. The van der Waals surface area contributed by atoms with Crippen molar-refractivity contribution in [1.82, 2.24) is 0 Å². The lowest BCUT2D eigenvalue weighted by atomic mass is 10.0. The van der Waals surface area contributed by atoms with E-state index in [-0.39, 0.29) is 0 Å². The zero-order chi connectivity index (χ0) is 38.6. The fraction of sp³-hybridized carbons (Fsp3) is 0.280. The first-order valence-electron chi connectivity index (χ1n) is 19.6. The Morgan fingerprint density at radius 3 is 1.16 bits per heavy atom. The summed E-state index contributed by atoms with van der Waals surface area (Å²) in [5.74, 6) is 4.54. The molecule has 6 aromatic carbocycles. The number of unbranched alkanes of at least 4 members (excludes halogenated alkanes) is 2. The normalized spacial score (nSPS) is 11.3. The van der Waals surface area contributed by atoms with Crippen molar-refractivity contribution in [2.75, 3.05) is 7.11 Å². The Labute approximate surface area is 334 Å². The van der Waals surface area contributed by atoms with Crippen LogP contribution in [-0.2, 0) is 12.8 Å². The van der Waals surface area contributed by atoms with Crippen LogP contribution in [0, 0.1) is 34.6 Å². The first-order chi connectivity index (χ1) is 26.6. The van der Waals surface area contributed by atoms with Crippen LogP contribution in [0.4, 0.5) is 0 Å². The van der Waals surface area contributed by atoms with Crippen LogP contribution in [0.2, 0.25) is 0 Å². The molecule has 2 aromatic heterocycles. The summed E-state index contributed by atoms with van der Waals surface area (Å²) in [4.78, 5) is 0. The van der Waals surface area contributed by atoms with E-state index in [4.69, 9.17) is 14.2 Å². The van der Waals surface area contributed by atoms with Gasteiger partial charge in [-0.1, -0.05) is 51.0 Å². The van der Waals surface area contributed by atoms with Gasteiger partial charge in [0.1, 0.15) is 28.7 Å². The maximum absolute atomic E-state index is 6.36. The topological polar surface area (TPSA) is 27.7 Å². The highest BCUT2D eigenvalue weighted by atomic mass is 32.1. The van der Waals surface area contributed by atoms with Gasteiger partial charge in [-0.3, -0.25) is 0 Å². The molecule has 0 spiro atoms. The molecule has 0 amide bonds. The van der Waals surface area contributed by atoms with Crippen molar-refractivity contribution in [3.05, 3.63) is 136 Å². The third kappa shape index (κ3) is 8.54. The van der Waals surface area contributed by atoms with Gasteiger partial charge in [0.15, 0.2) is 0 Å². The van der Waals surface area contributed by atoms with Crippen molar-refractivity contribution >= 4 is 63.0 Å². The quantitative estimate of drug-likeness (QED) is 0.131. The molecule has 0 N–H and O–H groups in total. The van der Waals surface area contributed by atoms with Crippen LogP contribution in [0.3, 0.4) is 0 Å². The highest BCUT2D eigenvalue weighted by molar-refractivity contribution is 7.26. The fourth-order valence-corrected chi connectivity index (χ4v) is 9.63. The molecule has 0 aliphatic carbocycles. The molecular formula is C50H52O3S2. The molecule has 8 rings (SSSR count). The zero-order valence-electron chi connectivity index (χ0n) is 33.5. The summed E-state index contributed by atoms with van der Waals surface area (Å²) in [5.41, 5.74) is 8.92. The molecule has 0 aliphatic rings. The molecule has 0 saturated carbocycles. The number of hydrogen-bond donors (Lipinski definition) is 0. The predicted octanol–water partition coefficient (Wildman–Crippen LogP) is 15.9. The molecule has 0 fully saturated rings. The molecule has 2 heterocycles. The summed E-state index contributed by atoms with van der Waals surface area (Å²) < 4.78 is 23.4. The number of hydrogen-bond acceptors (Lipinski definition) is 5. The second kappa shape index (κ2) is 16.9. The van der Waals surface area contributed by atoms with Gasteiger partial charge in [0.2, 0.25) is 0 Å². The van der Waals surface area contributed by atoms with Crippen molar-refractivity contribution in [3.8, 4) is 28.7 Å². The van der Waals surface area contributed by atoms with Gasteiger partial charge in [-0.05, 0) is 172 Å². The van der Waals surface area contributed by atoms with Gasteiger partial charge in [-0.2, -0.15) is 0 Å². The summed E-state index contributed by atoms with van der Waals surface area (Å²) in [6.07, 6.45) is 7.10. The Balaban J connectivity index is 0.000000215. The van der Waals surface area contributed by atoms with E-state index >= 15 is 0 Å². The Morgan fingerprint density at radius 2 is 0.764 bits per heavy atom. The average Bonchev–Trinajstić information content (AvgIpc) is 3.69. The number of benzene rings is 6. The molecular weight excluding hydrogens is 713 g/mol. The van der Waals surface area contributed by atoms with Crippen LogP contribution in [0.5, 0.6) is 28.7 Å². The van der Waals surface area contributed by atoms with Gasteiger partial charge in [0.25, 0.3) is 0 Å². The largest absolute Gasteiger partial charge is 0.496 e. The molecule has 0 atom stereocenters. The third-order valence-electron chi connectivity index (χ3n) is 10.6. The lowest BCUT2D eigenvalue weighted by molar-refractivity contribution is 0.412. The lowest BCUT2D eigenvalue weighted by Crippen LogP contribution is -1.90. The van der Waals surface area contributed by atoms with Gasteiger partial charge in [-0.15, -0.1) is 22.7 Å². The highest BCUT2D eigenvalue weighted by Gasteiger charge is 2.14. The molecule has 0 aliphatic heterocycles. The number of rotatable bonds is 11. The second-order valence-corrected chi connectivity index (χ2v) is 17.0. The highest BCUT2D eigenvalue weighted by Crippen LogP contribution is 2.42. The smallest absolute Gasteiger partial charge is 0.131 e. The van der Waals surface area contributed by atoms with Crippen LogP contribution in [-0.4, -0.2) is 7.11 Å². The minimum Gasteiger partial charge on any atom is -0.496 e. The number of methoxy groups -OCH3 is 1. The maximum atomic E-state index is 6.36. The van der Waals surface area contributed by atoms with E-state index in [1.807, 2.05) is 22.7 Å². The van der Waals surface area contributed by atoms with Gasteiger partial charge < -0.3 is 14.2 Å². The molecule has 0 unspecified atom stereocenters. The number of aryl methyl sites for hydroxylation is 7. The molecule has 282 valence electrons. The molecule has 0 saturated heterocycles. The van der Waals surface area contributed by atoms with Crippen molar-refractivity contribution in [3.63, 3.8) is 0 Å². The van der Waals surface area contributed by atoms with Crippen molar-refractivity contribution in [2.24, 2.45) is 0 Å². The number of fused-ring (bicyclic) bond motifs is 6. The second-order valence-electron chi connectivity index (χ2n) is 14.9. The standard InChI is InChI=1S/C34H36O2S.C16H16OS/c1-5-7-9-25-11-15-27(16-12-25)35-31-21-29-30-22-32(24(4)20-34(30)37-33(29)19-23(31)3)36-28-17-13-26(14-18-28)10-8-6-2;1-9-5-12-13-8-14(17-4)11(3)7-16(13)18-15(12)6-10(9)2/h11-22H,5-10H2,1-4H3;5-8H,1-4H3. The Hall–Kier alpha value is -4.84. The van der Waals surface area contributed by atoms with E-state index in [2.05, 4.69) is 146 Å². The number of thiophene rings is 2. The van der Waals surface area contributed by atoms with Crippen molar-refractivity contribution < 1.29 is 14.2 Å². The third-order valence-corrected chi connectivity index (χ3v) is 12.8. The van der Waals surface area contributed by atoms with Crippen molar-refractivity contribution in [1.29, 1.82) is 0 Å². The van der Waals surface area contributed by atoms with Gasteiger partial charge in [-0.25, -0.2) is 0 Å². The van der Waals surface area contributed by atoms with Crippen LogP contribution in [0.25, 0.3) is 40.3 Å². The van der Waals surface area contributed by atoms with E-state index in [0.717, 1.165) is 52.7 Å². The monoisotopic (exact) mass is 764 g/mol. The van der Waals surface area contributed by atoms with Crippen LogP contribution >= 0.6 is 22.7 Å². The summed E-state index contributed by atoms with van der Waals surface area (Å²) in [7, 11) is 1.73. The summed E-state index contributed by atoms with van der Waals surface area (Å²) in [6.45, 7) is 15.1. The van der Waals surface area contributed by atoms with Crippen LogP contribution in [0.1, 0.15) is 78.5 Å². The van der Waals surface area contributed by atoms with E-state index in [1.165, 1.54) is 93.8 Å². The maximum Gasteiger partial charge on any atom is 0.131 e. The van der Waals surface area contributed by atoms with Gasteiger partial charge >= 0.3 is 0 Å². The minimum atomic E-state index is 0.879. The summed E-state index contributed by atoms with van der Waals surface area (Å²) in [6, 6.07) is 34.9. The Bertz CT molecular complexity index is 2480. The lowest BCUT2D eigenvalue weighted by Gasteiger charge is -2.11. The van der Waals surface area contributed by atoms with Gasteiger partial charge in [0.05, 0.1) is 7.11 Å². The molecule has 55 heavy (non-hydrogen) atoms. The predicted molar refractivity (Wildman–Crippen MR) is 239 cm³/mol. The van der Waals surface area contributed by atoms with E-state index in [1.54, 1.807) is 7.11 Å². The average molecular weight is 765 g/mol. The molecule has 0 bridgehead atoms. The SMILES string of the molecule is CCCCc1ccc(Oc2cc3c(cc2C)sc2cc(C)c(Oc4ccc(CCCC)cc4)cc23)cc1.COc1cc2c(cc1C)sc1cc(C)c(C)cc12. The Morgan fingerprint density at radius 1 is 0.418 bits per heavy atom. The summed E-state index contributed by atoms with van der Waals surface area (Å²) in [5, 5.41) is 5.07. The van der Waals surface area contributed by atoms with Crippen molar-refractivity contribution in [2.45, 2.75) is 87.0 Å². The minimum absolute atomic E-state index is 0.879. The molecule has 0 radical (unpaired) electrons. The first kappa shape index (κ1) is 38.4. The molecule has 3 nitrogen and oxygen atoms in total. The summed E-state index contributed by atoms with van der Waals surface area (Å²) >= 11 is 3.69. The van der Waals surface area contributed by atoms with Crippen LogP contribution in [0.15, 0.2) is 97.1 Å². The van der Waals surface area contributed by atoms with Gasteiger partial charge in [0, 0.05) is 40.3 Å². The molecule has 5 heteroatoms. The number of ether oxygens (including phenoxy) is 3. The fourth-order valence-electron chi connectivity index (χ4n) is 7.09. The first-order valence-corrected chi connectivity index (χ1v) is 21.3. The molecule has 8 aromatic rings. The Kier molecular flexibility index (Phi) is 11.8. The van der Waals surface area contributed by atoms with E-state index in [0.29, 0.717) is 0 Å².